The second-order valence-electron chi connectivity index (χ2n) is 5.77. The highest BCUT2D eigenvalue weighted by molar-refractivity contribution is 5.83. The normalized spacial score (nSPS) is 11.8. The van der Waals surface area contributed by atoms with Gasteiger partial charge in [-0.15, -0.1) is 0 Å². The van der Waals surface area contributed by atoms with Crippen LogP contribution in [0.2, 0.25) is 0 Å². The SMILES string of the molecule is CCCCCNC(=O)C(C)OC(=O)Cc1cnn(-c2ccccc2)n1. The van der Waals surface area contributed by atoms with Crippen LogP contribution in [0.25, 0.3) is 5.69 Å². The maximum atomic E-state index is 12.0. The third-order valence-electron chi connectivity index (χ3n) is 3.61. The second-order valence-corrected chi connectivity index (χ2v) is 5.77. The van der Waals surface area contributed by atoms with E-state index in [9.17, 15) is 9.59 Å². The van der Waals surface area contributed by atoms with Gasteiger partial charge in [0.2, 0.25) is 0 Å². The summed E-state index contributed by atoms with van der Waals surface area (Å²) in [5, 5.41) is 11.1. The van der Waals surface area contributed by atoms with Crippen LogP contribution in [0.1, 0.15) is 38.8 Å². The summed E-state index contributed by atoms with van der Waals surface area (Å²) in [6.45, 7) is 4.26. The van der Waals surface area contributed by atoms with E-state index >= 15 is 0 Å². The van der Waals surface area contributed by atoms with E-state index < -0.39 is 12.1 Å². The monoisotopic (exact) mass is 344 g/mol. The van der Waals surface area contributed by atoms with Crippen molar-refractivity contribution in [2.45, 2.75) is 45.6 Å². The molecule has 0 bridgehead atoms. The van der Waals surface area contributed by atoms with Crippen molar-refractivity contribution < 1.29 is 14.3 Å². The Kier molecular flexibility index (Phi) is 7.13. The molecule has 1 heterocycles. The first-order valence-corrected chi connectivity index (χ1v) is 8.54. The van der Waals surface area contributed by atoms with Gasteiger partial charge in [0.1, 0.15) is 0 Å². The Morgan fingerprint density at radius 2 is 2.00 bits per heavy atom. The van der Waals surface area contributed by atoms with Gasteiger partial charge in [0, 0.05) is 6.54 Å². The number of para-hydroxylation sites is 1. The molecule has 0 radical (unpaired) electrons. The maximum absolute atomic E-state index is 12.0. The van der Waals surface area contributed by atoms with Gasteiger partial charge in [-0.05, 0) is 25.5 Å². The van der Waals surface area contributed by atoms with Crippen molar-refractivity contribution in [3.8, 4) is 5.69 Å². The third-order valence-corrected chi connectivity index (χ3v) is 3.61. The number of carbonyl (C=O) groups is 2. The number of benzene rings is 1. The van der Waals surface area contributed by atoms with Crippen molar-refractivity contribution in [2.75, 3.05) is 6.54 Å². The Balaban J connectivity index is 1.80. The number of hydrogen-bond donors (Lipinski definition) is 1. The molecule has 0 spiro atoms. The van der Waals surface area contributed by atoms with E-state index in [1.165, 1.54) is 11.0 Å². The Morgan fingerprint density at radius 3 is 2.72 bits per heavy atom. The smallest absolute Gasteiger partial charge is 0.312 e. The van der Waals surface area contributed by atoms with Gasteiger partial charge in [-0.25, -0.2) is 0 Å². The summed E-state index contributed by atoms with van der Waals surface area (Å²) < 4.78 is 5.16. The fourth-order valence-electron chi connectivity index (χ4n) is 2.23. The molecule has 1 N–H and O–H groups in total. The lowest BCUT2D eigenvalue weighted by Crippen LogP contribution is -2.36. The summed E-state index contributed by atoms with van der Waals surface area (Å²) in [7, 11) is 0. The van der Waals surface area contributed by atoms with Gasteiger partial charge >= 0.3 is 5.97 Å². The first-order chi connectivity index (χ1) is 12.1. The van der Waals surface area contributed by atoms with E-state index in [1.54, 1.807) is 6.92 Å². The second kappa shape index (κ2) is 9.56. The molecule has 1 unspecified atom stereocenters. The molecule has 0 fully saturated rings. The van der Waals surface area contributed by atoms with Crippen molar-refractivity contribution in [1.82, 2.24) is 20.3 Å². The number of hydrogen-bond acceptors (Lipinski definition) is 5. The minimum atomic E-state index is -0.821. The lowest BCUT2D eigenvalue weighted by molar-refractivity contribution is -0.154. The van der Waals surface area contributed by atoms with E-state index in [1.807, 2.05) is 30.3 Å². The van der Waals surface area contributed by atoms with Crippen LogP contribution in [0.5, 0.6) is 0 Å². The van der Waals surface area contributed by atoms with Crippen LogP contribution in [0.4, 0.5) is 0 Å². The highest BCUT2D eigenvalue weighted by Gasteiger charge is 2.18. The molecular formula is C18H24N4O3. The largest absolute Gasteiger partial charge is 0.452 e. The average molecular weight is 344 g/mol. The Bertz CT molecular complexity index is 685. The Labute approximate surface area is 147 Å². The van der Waals surface area contributed by atoms with E-state index in [4.69, 9.17) is 4.74 Å². The summed E-state index contributed by atoms with van der Waals surface area (Å²) in [4.78, 5) is 25.3. The van der Waals surface area contributed by atoms with Crippen molar-refractivity contribution in [2.24, 2.45) is 0 Å². The van der Waals surface area contributed by atoms with Gasteiger partial charge in [-0.2, -0.15) is 15.0 Å². The zero-order valence-electron chi connectivity index (χ0n) is 14.6. The molecule has 25 heavy (non-hydrogen) atoms. The quantitative estimate of drug-likeness (QED) is 0.556. The molecule has 1 atom stereocenters. The standard InChI is InChI=1S/C18H24N4O3/c1-3-4-8-11-19-18(24)14(2)25-17(23)12-15-13-20-22(21-15)16-9-6-5-7-10-16/h5-7,9-10,13-14H,3-4,8,11-12H2,1-2H3,(H,19,24). The fraction of sp³-hybridized carbons (Fsp3) is 0.444. The van der Waals surface area contributed by atoms with Crippen LogP contribution in [0.3, 0.4) is 0 Å². The molecule has 1 aromatic heterocycles. The Hall–Kier alpha value is -2.70. The topological polar surface area (TPSA) is 86.1 Å². The van der Waals surface area contributed by atoms with Gasteiger partial charge < -0.3 is 10.1 Å². The summed E-state index contributed by atoms with van der Waals surface area (Å²) in [5.41, 5.74) is 1.30. The predicted octanol–water partition coefficient (Wildman–Crippen LogP) is 2.05. The van der Waals surface area contributed by atoms with Crippen molar-refractivity contribution >= 4 is 11.9 Å². The van der Waals surface area contributed by atoms with Crippen LogP contribution < -0.4 is 5.32 Å². The van der Waals surface area contributed by atoms with Gasteiger partial charge in [0.15, 0.2) is 6.10 Å². The summed E-state index contributed by atoms with van der Waals surface area (Å²) in [6.07, 6.45) is 3.74. The molecule has 1 aromatic carbocycles. The van der Waals surface area contributed by atoms with Crippen molar-refractivity contribution in [3.63, 3.8) is 0 Å². The molecular weight excluding hydrogens is 320 g/mol. The number of amides is 1. The first-order valence-electron chi connectivity index (χ1n) is 8.54. The number of carbonyl (C=O) groups excluding carboxylic acids is 2. The minimum absolute atomic E-state index is 0.0275. The number of aromatic nitrogens is 3. The molecule has 134 valence electrons. The van der Waals surface area contributed by atoms with Crippen molar-refractivity contribution in [3.05, 3.63) is 42.2 Å². The fourth-order valence-corrected chi connectivity index (χ4v) is 2.23. The maximum Gasteiger partial charge on any atom is 0.312 e. The molecule has 0 saturated heterocycles. The van der Waals surface area contributed by atoms with E-state index in [2.05, 4.69) is 22.4 Å². The van der Waals surface area contributed by atoms with Gasteiger partial charge in [0.25, 0.3) is 5.91 Å². The van der Waals surface area contributed by atoms with Crippen LogP contribution in [-0.2, 0) is 20.7 Å². The lowest BCUT2D eigenvalue weighted by Gasteiger charge is -2.12. The van der Waals surface area contributed by atoms with Crippen LogP contribution >= 0.6 is 0 Å². The number of rotatable bonds is 9. The number of esters is 1. The van der Waals surface area contributed by atoms with Gasteiger partial charge in [-0.3, -0.25) is 9.59 Å². The van der Waals surface area contributed by atoms with E-state index in [-0.39, 0.29) is 12.3 Å². The number of unbranched alkanes of at least 4 members (excludes halogenated alkanes) is 2. The first kappa shape index (κ1) is 18.6. The molecule has 0 saturated carbocycles. The zero-order valence-corrected chi connectivity index (χ0v) is 14.6. The van der Waals surface area contributed by atoms with E-state index in [0.717, 1.165) is 24.9 Å². The molecule has 1 amide bonds. The van der Waals surface area contributed by atoms with Gasteiger partial charge in [-0.1, -0.05) is 38.0 Å². The zero-order chi connectivity index (χ0) is 18.1. The number of nitrogens with one attached hydrogen (secondary N) is 1. The van der Waals surface area contributed by atoms with Gasteiger partial charge in [0.05, 0.1) is 24.0 Å². The molecule has 7 heteroatoms. The highest BCUT2D eigenvalue weighted by atomic mass is 16.5. The average Bonchev–Trinajstić information content (AvgIpc) is 3.07. The third kappa shape index (κ3) is 6.02. The Morgan fingerprint density at radius 1 is 1.24 bits per heavy atom. The highest BCUT2D eigenvalue weighted by Crippen LogP contribution is 2.05. The molecule has 7 nitrogen and oxygen atoms in total. The molecule has 0 aliphatic rings. The van der Waals surface area contributed by atoms with Crippen LogP contribution in [0, 0.1) is 0 Å². The number of nitrogens with zero attached hydrogens (tertiary/aromatic N) is 3. The minimum Gasteiger partial charge on any atom is -0.452 e. The molecule has 0 aliphatic carbocycles. The van der Waals surface area contributed by atoms with E-state index in [0.29, 0.717) is 12.2 Å². The molecule has 2 aromatic rings. The number of ether oxygens (including phenoxy) is 1. The lowest BCUT2D eigenvalue weighted by atomic mass is 10.2. The molecule has 0 aliphatic heterocycles. The predicted molar refractivity (Wildman–Crippen MR) is 93.2 cm³/mol. The summed E-state index contributed by atoms with van der Waals surface area (Å²) in [6, 6.07) is 9.40. The van der Waals surface area contributed by atoms with Crippen LogP contribution in [-0.4, -0.2) is 39.5 Å². The van der Waals surface area contributed by atoms with Crippen LogP contribution in [0.15, 0.2) is 36.5 Å². The molecule has 2 rings (SSSR count). The summed E-state index contributed by atoms with van der Waals surface area (Å²) in [5.74, 6) is -0.784. The van der Waals surface area contributed by atoms with Crippen molar-refractivity contribution in [1.29, 1.82) is 0 Å². The summed E-state index contributed by atoms with van der Waals surface area (Å²) >= 11 is 0.